The van der Waals surface area contributed by atoms with Crippen LogP contribution in [0.15, 0.2) is 36.5 Å². The summed E-state index contributed by atoms with van der Waals surface area (Å²) in [4.78, 5) is 18.5. The molecule has 160 valence electrons. The number of pyridine rings is 1. The number of ether oxygens (including phenoxy) is 1. The minimum Gasteiger partial charge on any atom is -0.496 e. The minimum atomic E-state index is -1.03. The second kappa shape index (κ2) is 9.88. The van der Waals surface area contributed by atoms with Crippen molar-refractivity contribution in [3.63, 3.8) is 0 Å². The standard InChI is InChI=1S/C21H23ClFN3O4/c1-30-19-9-16(3-2-14(19)10-23)25-21(29)26-6-4-13(5-7-26)20-17(22)8-15(11-24-20)18(28)12-27/h2-4,8-9,11,18,27-28H,5-7,10,12H2,1H3,(H,25,29)/t18-/m1/s1. The van der Waals surface area contributed by atoms with Crippen molar-refractivity contribution in [1.82, 2.24) is 9.88 Å². The molecule has 1 atom stereocenters. The minimum absolute atomic E-state index is 0.277. The third-order valence-corrected chi connectivity index (χ3v) is 5.19. The van der Waals surface area contributed by atoms with Gasteiger partial charge in [-0.15, -0.1) is 0 Å². The molecular formula is C21H23ClFN3O4. The smallest absolute Gasteiger partial charge is 0.322 e. The van der Waals surface area contributed by atoms with Crippen LogP contribution < -0.4 is 10.1 Å². The van der Waals surface area contributed by atoms with Crippen molar-refractivity contribution < 1.29 is 24.1 Å². The van der Waals surface area contributed by atoms with E-state index in [4.69, 9.17) is 21.4 Å². The lowest BCUT2D eigenvalue weighted by Crippen LogP contribution is -2.38. The van der Waals surface area contributed by atoms with E-state index in [-0.39, 0.29) is 6.03 Å². The van der Waals surface area contributed by atoms with Crippen molar-refractivity contribution in [2.24, 2.45) is 0 Å². The van der Waals surface area contributed by atoms with E-state index in [1.807, 2.05) is 6.08 Å². The van der Waals surface area contributed by atoms with Crippen molar-refractivity contribution in [3.05, 3.63) is 58.4 Å². The average molecular weight is 436 g/mol. The van der Waals surface area contributed by atoms with Gasteiger partial charge in [-0.3, -0.25) is 4.98 Å². The number of rotatable bonds is 6. The maximum Gasteiger partial charge on any atom is 0.322 e. The maximum absolute atomic E-state index is 12.9. The average Bonchev–Trinajstić information content (AvgIpc) is 2.78. The Labute approximate surface area is 178 Å². The van der Waals surface area contributed by atoms with Gasteiger partial charge in [0.2, 0.25) is 0 Å². The van der Waals surface area contributed by atoms with Crippen LogP contribution >= 0.6 is 11.6 Å². The Morgan fingerprint density at radius 3 is 2.83 bits per heavy atom. The third kappa shape index (κ3) is 4.89. The van der Waals surface area contributed by atoms with Gasteiger partial charge < -0.3 is 25.2 Å². The summed E-state index contributed by atoms with van der Waals surface area (Å²) >= 11 is 6.30. The number of nitrogens with one attached hydrogen (secondary N) is 1. The number of aliphatic hydroxyl groups is 2. The molecule has 0 bridgehead atoms. The van der Waals surface area contributed by atoms with Gasteiger partial charge in [-0.25, -0.2) is 9.18 Å². The van der Waals surface area contributed by atoms with Crippen LogP contribution in [0.1, 0.15) is 29.3 Å². The number of alkyl halides is 1. The van der Waals surface area contributed by atoms with Crippen LogP contribution in [0.2, 0.25) is 5.02 Å². The molecule has 0 radical (unpaired) electrons. The molecule has 0 unspecified atom stereocenters. The van der Waals surface area contributed by atoms with Gasteiger partial charge in [0.05, 0.1) is 24.4 Å². The van der Waals surface area contributed by atoms with Crippen molar-refractivity contribution in [2.75, 3.05) is 32.1 Å². The zero-order valence-electron chi connectivity index (χ0n) is 16.4. The van der Waals surface area contributed by atoms with E-state index in [0.717, 1.165) is 5.57 Å². The van der Waals surface area contributed by atoms with E-state index in [1.165, 1.54) is 13.3 Å². The number of methoxy groups -OCH3 is 1. The molecule has 2 aromatic rings. The number of carbonyl (C=O) groups excluding carboxylic acids is 1. The fourth-order valence-electron chi connectivity index (χ4n) is 3.18. The molecule has 3 N–H and O–H groups in total. The topological polar surface area (TPSA) is 94.9 Å². The number of amides is 2. The molecular weight excluding hydrogens is 413 g/mol. The molecule has 7 nitrogen and oxygen atoms in total. The summed E-state index contributed by atoms with van der Waals surface area (Å²) in [5, 5.41) is 21.9. The van der Waals surface area contributed by atoms with Gasteiger partial charge in [0.1, 0.15) is 18.5 Å². The van der Waals surface area contributed by atoms with E-state index in [9.17, 15) is 14.3 Å². The zero-order valence-corrected chi connectivity index (χ0v) is 17.2. The summed E-state index contributed by atoms with van der Waals surface area (Å²) in [6, 6.07) is 6.10. The van der Waals surface area contributed by atoms with Crippen molar-refractivity contribution in [3.8, 4) is 5.75 Å². The number of benzene rings is 1. The first-order valence-electron chi connectivity index (χ1n) is 9.39. The fraction of sp³-hybridized carbons (Fsp3) is 0.333. The number of halogens is 2. The van der Waals surface area contributed by atoms with E-state index in [2.05, 4.69) is 10.3 Å². The van der Waals surface area contributed by atoms with Crippen LogP contribution in [-0.2, 0) is 6.67 Å². The van der Waals surface area contributed by atoms with E-state index in [0.29, 0.717) is 52.8 Å². The van der Waals surface area contributed by atoms with E-state index < -0.39 is 19.4 Å². The van der Waals surface area contributed by atoms with Crippen LogP contribution in [-0.4, -0.2) is 52.9 Å². The Bertz CT molecular complexity index is 954. The number of hydrogen-bond acceptors (Lipinski definition) is 5. The molecule has 0 saturated heterocycles. The molecule has 30 heavy (non-hydrogen) atoms. The Hall–Kier alpha value is -2.68. The summed E-state index contributed by atoms with van der Waals surface area (Å²) in [5.41, 5.74) is 2.88. The van der Waals surface area contributed by atoms with Gasteiger partial charge in [-0.2, -0.15) is 0 Å². The molecule has 1 aromatic heterocycles. The highest BCUT2D eigenvalue weighted by molar-refractivity contribution is 6.32. The molecule has 0 aliphatic carbocycles. The quantitative estimate of drug-likeness (QED) is 0.645. The molecule has 9 heteroatoms. The Morgan fingerprint density at radius 2 is 2.23 bits per heavy atom. The lowest BCUT2D eigenvalue weighted by Gasteiger charge is -2.27. The Balaban J connectivity index is 1.66. The molecule has 2 amide bonds. The molecule has 1 aliphatic heterocycles. The number of urea groups is 1. The molecule has 0 saturated carbocycles. The predicted molar refractivity (Wildman–Crippen MR) is 112 cm³/mol. The van der Waals surface area contributed by atoms with Gasteiger partial charge in [0.15, 0.2) is 0 Å². The van der Waals surface area contributed by atoms with E-state index >= 15 is 0 Å². The van der Waals surface area contributed by atoms with Crippen LogP contribution in [0, 0.1) is 0 Å². The van der Waals surface area contributed by atoms with Crippen LogP contribution in [0.25, 0.3) is 5.57 Å². The number of hydrogen-bond donors (Lipinski definition) is 3. The molecule has 1 aromatic carbocycles. The normalized spacial score (nSPS) is 14.8. The first-order valence-corrected chi connectivity index (χ1v) is 9.77. The van der Waals surface area contributed by atoms with E-state index in [1.54, 1.807) is 29.2 Å². The third-order valence-electron chi connectivity index (χ3n) is 4.90. The number of aliphatic hydroxyl groups excluding tert-OH is 2. The summed E-state index contributed by atoms with van der Waals surface area (Å²) in [5.74, 6) is 0.381. The lowest BCUT2D eigenvalue weighted by atomic mass is 10.0. The predicted octanol–water partition coefficient (Wildman–Crippen LogP) is 3.56. The van der Waals surface area contributed by atoms with Crippen molar-refractivity contribution in [2.45, 2.75) is 19.2 Å². The fourth-order valence-corrected chi connectivity index (χ4v) is 3.48. The van der Waals surface area contributed by atoms with Gasteiger partial charge in [-0.05, 0) is 24.1 Å². The van der Waals surface area contributed by atoms with Gasteiger partial charge in [0.25, 0.3) is 0 Å². The molecule has 0 fully saturated rings. The second-order valence-corrected chi connectivity index (χ2v) is 7.22. The summed E-state index contributed by atoms with van der Waals surface area (Å²) in [6.45, 7) is -0.212. The molecule has 1 aliphatic rings. The summed E-state index contributed by atoms with van der Waals surface area (Å²) in [6.07, 6.45) is 2.90. The molecule has 2 heterocycles. The van der Waals surface area contributed by atoms with Crippen LogP contribution in [0.5, 0.6) is 5.75 Å². The number of anilines is 1. The molecule has 3 rings (SSSR count). The first-order chi connectivity index (χ1) is 14.5. The van der Waals surface area contributed by atoms with Crippen molar-refractivity contribution in [1.29, 1.82) is 0 Å². The Morgan fingerprint density at radius 1 is 1.43 bits per heavy atom. The highest BCUT2D eigenvalue weighted by Gasteiger charge is 2.21. The largest absolute Gasteiger partial charge is 0.496 e. The van der Waals surface area contributed by atoms with Gasteiger partial charge >= 0.3 is 6.03 Å². The first kappa shape index (κ1) is 22.0. The van der Waals surface area contributed by atoms with Crippen LogP contribution in [0.4, 0.5) is 14.9 Å². The molecule has 0 spiro atoms. The van der Waals surface area contributed by atoms with Crippen LogP contribution in [0.3, 0.4) is 0 Å². The Kier molecular flexibility index (Phi) is 7.25. The summed E-state index contributed by atoms with van der Waals surface area (Å²) < 4.78 is 18.1. The lowest BCUT2D eigenvalue weighted by molar-refractivity contribution is 0.0953. The maximum atomic E-state index is 12.9. The second-order valence-electron chi connectivity index (χ2n) is 6.81. The monoisotopic (exact) mass is 435 g/mol. The van der Waals surface area contributed by atoms with Gasteiger partial charge in [-0.1, -0.05) is 23.7 Å². The highest BCUT2D eigenvalue weighted by atomic mass is 35.5. The van der Waals surface area contributed by atoms with Crippen molar-refractivity contribution >= 4 is 28.9 Å². The number of aromatic nitrogens is 1. The van der Waals surface area contributed by atoms with Gasteiger partial charge in [0, 0.05) is 42.2 Å². The zero-order chi connectivity index (χ0) is 21.7. The summed E-state index contributed by atoms with van der Waals surface area (Å²) in [7, 11) is 1.45. The highest BCUT2D eigenvalue weighted by Crippen LogP contribution is 2.29. The number of carbonyl (C=O) groups is 1. The number of nitrogens with zero attached hydrogens (tertiary/aromatic N) is 2. The SMILES string of the molecule is COc1cc(NC(=O)N2CC=C(c3ncc([C@H](O)CO)cc3Cl)CC2)ccc1CF.